The topological polar surface area (TPSA) is 9.72 Å². The highest BCUT2D eigenvalue weighted by Gasteiger charge is 2.45. The van der Waals surface area contributed by atoms with Crippen LogP contribution in [0.1, 0.15) is 73.2 Å². The fourth-order valence-electron chi connectivity index (χ4n) is 10.4. The second-order valence-electron chi connectivity index (χ2n) is 20.3. The largest absolute Gasteiger partial charge is 0.311 e. The van der Waals surface area contributed by atoms with E-state index in [1.807, 2.05) is 129 Å². The van der Waals surface area contributed by atoms with Gasteiger partial charge in [-0.15, -0.1) is 0 Å². The zero-order valence-corrected chi connectivity index (χ0v) is 40.9. The molecule has 2 heterocycles. The van der Waals surface area contributed by atoms with Gasteiger partial charge in [0.2, 0.25) is 0 Å². The van der Waals surface area contributed by atoms with Gasteiger partial charge in [0, 0.05) is 50.8 Å². The lowest BCUT2D eigenvalue weighted by Crippen LogP contribution is -2.61. The van der Waals surface area contributed by atoms with E-state index in [1.165, 1.54) is 0 Å². The second-order valence-corrected chi connectivity index (χ2v) is 20.3. The van der Waals surface area contributed by atoms with Crippen molar-refractivity contribution in [2.24, 2.45) is 0 Å². The Morgan fingerprint density at radius 1 is 0.375 bits per heavy atom. The zero-order valence-electron chi connectivity index (χ0n) is 55.9. The quantitative estimate of drug-likeness (QED) is 0.141. The molecule has 0 amide bonds. The van der Waals surface area contributed by atoms with E-state index in [0.717, 1.165) is 33.6 Å². The Labute approximate surface area is 447 Å². The van der Waals surface area contributed by atoms with Crippen molar-refractivity contribution in [3.8, 4) is 33.4 Å². The highest BCUT2D eigenvalue weighted by molar-refractivity contribution is 7.00. The maximum Gasteiger partial charge on any atom is 0.252 e. The molecule has 348 valence electrons. The van der Waals surface area contributed by atoms with Gasteiger partial charge in [0.1, 0.15) is 0 Å². The van der Waals surface area contributed by atoms with Gasteiger partial charge in [0.05, 0.1) is 37.6 Å². The smallest absolute Gasteiger partial charge is 0.252 e. The van der Waals surface area contributed by atoms with Crippen molar-refractivity contribution in [2.75, 3.05) is 14.7 Å². The van der Waals surface area contributed by atoms with Gasteiger partial charge < -0.3 is 14.7 Å². The van der Waals surface area contributed by atoms with Crippen molar-refractivity contribution < 1.29 is 20.6 Å². The predicted molar refractivity (Wildman–Crippen MR) is 309 cm³/mol. The van der Waals surface area contributed by atoms with Crippen molar-refractivity contribution in [1.29, 1.82) is 0 Å². The molecule has 10 aromatic rings. The number of rotatable bonds is 8. The van der Waals surface area contributed by atoms with Crippen LogP contribution in [-0.4, -0.2) is 6.71 Å². The SMILES string of the molecule is [2H]c1c([2H])c([2H])c(-c2ccccc2N2c3ccc(C(C)(C)C)cc3B3c4ccccc4N(c4c(-c5c([2H])c([2H])c([2H])c([2H])c5[2H])cc(C(C)(C)C)cc4-c4c([2H])c([2H])c([2H])c([2H])c4[2H])c4cc(N(c5ccccc5)c5ccccc5)cc2c43)c([2H])c1[2H]. The summed E-state index contributed by atoms with van der Waals surface area (Å²) in [5, 5.41) is 0. The minimum atomic E-state index is -0.749. The van der Waals surface area contributed by atoms with Crippen LogP contribution in [0.2, 0.25) is 0 Å². The molecule has 0 saturated heterocycles. The van der Waals surface area contributed by atoms with Crippen LogP contribution in [0, 0.1) is 0 Å². The number of benzene rings is 10. The van der Waals surface area contributed by atoms with E-state index in [9.17, 15) is 13.7 Å². The molecule has 0 bridgehead atoms. The maximum atomic E-state index is 9.75. The van der Waals surface area contributed by atoms with E-state index in [0.29, 0.717) is 45.0 Å². The summed E-state index contributed by atoms with van der Waals surface area (Å²) in [4.78, 5) is 6.13. The van der Waals surface area contributed by atoms with Crippen LogP contribution in [0.5, 0.6) is 0 Å². The molecular formula is C68H58BN3. The van der Waals surface area contributed by atoms with E-state index in [2.05, 4.69) is 54.8 Å². The molecule has 0 aromatic heterocycles. The summed E-state index contributed by atoms with van der Waals surface area (Å²) in [5.41, 5.74) is 8.21. The first-order chi connectivity index (χ1) is 41.2. The fourth-order valence-corrected chi connectivity index (χ4v) is 10.4. The Bertz CT molecular complexity index is 4310. The average molecular weight is 943 g/mol. The molecule has 2 aliphatic rings. The van der Waals surface area contributed by atoms with Gasteiger partial charge in [-0.3, -0.25) is 0 Å². The molecule has 72 heavy (non-hydrogen) atoms. The molecule has 0 unspecified atom stereocenters. The summed E-state index contributed by atoms with van der Waals surface area (Å²) < 4.78 is 139. The number of para-hydroxylation sites is 4. The Kier molecular flexibility index (Phi) is 7.69. The van der Waals surface area contributed by atoms with Crippen LogP contribution in [0.25, 0.3) is 33.4 Å². The highest BCUT2D eigenvalue weighted by Crippen LogP contribution is 2.53. The minimum absolute atomic E-state index is 0.00996. The Morgan fingerprint density at radius 2 is 0.833 bits per heavy atom. The van der Waals surface area contributed by atoms with E-state index in [4.69, 9.17) is 6.85 Å². The standard InChI is InChI=1S/C68H58BN3/c1-67(2,3)50-40-41-62-59(44-50)69-58-37-23-25-39-61(58)72(66-56(48-28-14-8-15-29-48)42-51(68(4,5)6)43-57(66)49-30-16-9-17-31-49)64-46-54(70(52-32-18-10-19-33-52)53-34-20-11-21-35-53)45-63(65(64)69)71(62)60-38-24-22-36-55(60)47-26-12-7-13-27-47/h7-46H,1-6H3/i7D,8D,9D,12D,13D,14D,15D,16D,17D,26D,27D,28D,29D,30D,31D. The van der Waals surface area contributed by atoms with Gasteiger partial charge in [-0.2, -0.15) is 0 Å². The monoisotopic (exact) mass is 943 g/mol. The molecule has 3 nitrogen and oxygen atoms in total. The van der Waals surface area contributed by atoms with Crippen LogP contribution < -0.4 is 31.1 Å². The van der Waals surface area contributed by atoms with Crippen molar-refractivity contribution in [1.82, 2.24) is 0 Å². The number of fused-ring (bicyclic) bond motifs is 4. The van der Waals surface area contributed by atoms with Crippen LogP contribution in [0.3, 0.4) is 0 Å². The van der Waals surface area contributed by atoms with Gasteiger partial charge in [-0.25, -0.2) is 0 Å². The van der Waals surface area contributed by atoms with E-state index >= 15 is 0 Å². The van der Waals surface area contributed by atoms with Crippen molar-refractivity contribution in [3.05, 3.63) is 253 Å². The number of hydrogen-bond acceptors (Lipinski definition) is 3. The summed E-state index contributed by atoms with van der Waals surface area (Å²) in [6, 6.07) is 40.7. The first-order valence-corrected chi connectivity index (χ1v) is 24.2. The van der Waals surface area contributed by atoms with Crippen LogP contribution in [-0.2, 0) is 10.8 Å². The van der Waals surface area contributed by atoms with Crippen LogP contribution in [0.4, 0.5) is 51.2 Å². The summed E-state index contributed by atoms with van der Waals surface area (Å²) in [5.74, 6) is 0. The summed E-state index contributed by atoms with van der Waals surface area (Å²) in [6.07, 6.45) is 0. The summed E-state index contributed by atoms with van der Waals surface area (Å²) in [6.45, 7) is 11.6. The third kappa shape index (κ3) is 7.79. The molecule has 0 spiro atoms. The van der Waals surface area contributed by atoms with Gasteiger partial charge >= 0.3 is 0 Å². The molecule has 0 saturated carbocycles. The molecule has 10 aromatic carbocycles. The van der Waals surface area contributed by atoms with E-state index in [1.54, 1.807) is 24.3 Å². The number of anilines is 9. The molecule has 0 atom stereocenters. The lowest BCUT2D eigenvalue weighted by atomic mass is 9.33. The minimum Gasteiger partial charge on any atom is -0.311 e. The van der Waals surface area contributed by atoms with Crippen LogP contribution in [0.15, 0.2) is 242 Å². The maximum absolute atomic E-state index is 9.75. The Hall–Kier alpha value is -8.34. The molecule has 4 heteroatoms. The van der Waals surface area contributed by atoms with Gasteiger partial charge in [-0.1, -0.05) is 217 Å². The molecule has 2 aliphatic heterocycles. The number of nitrogens with zero attached hydrogens (tertiary/aromatic N) is 3. The van der Waals surface area contributed by atoms with E-state index in [-0.39, 0.29) is 51.0 Å². The third-order valence-corrected chi connectivity index (χ3v) is 13.8. The predicted octanol–water partition coefficient (Wildman–Crippen LogP) is 16.8. The molecule has 0 radical (unpaired) electrons. The summed E-state index contributed by atoms with van der Waals surface area (Å²) in [7, 11) is 0. The zero-order chi connectivity index (χ0) is 62.2. The summed E-state index contributed by atoms with van der Waals surface area (Å²) >= 11 is 0. The van der Waals surface area contributed by atoms with Crippen molar-refractivity contribution >= 4 is 74.3 Å². The first kappa shape index (κ1) is 31.1. The average Bonchev–Trinajstić information content (AvgIpc) is 0.698. The number of hydrogen-bond donors (Lipinski definition) is 0. The molecule has 0 fully saturated rings. The molecule has 12 rings (SSSR count). The fraction of sp³-hybridized carbons (Fsp3) is 0.118. The van der Waals surface area contributed by atoms with Crippen LogP contribution >= 0.6 is 0 Å². The van der Waals surface area contributed by atoms with E-state index < -0.39 is 90.7 Å². The van der Waals surface area contributed by atoms with Crippen molar-refractivity contribution in [3.63, 3.8) is 0 Å². The van der Waals surface area contributed by atoms with Gasteiger partial charge in [0.15, 0.2) is 0 Å². The lowest BCUT2D eigenvalue weighted by molar-refractivity contribution is 0.590. The highest BCUT2D eigenvalue weighted by atomic mass is 15.2. The first-order valence-electron chi connectivity index (χ1n) is 31.7. The molecule has 0 N–H and O–H groups in total. The Balaban J connectivity index is 1.34. The second kappa shape index (κ2) is 17.8. The molecule has 0 aliphatic carbocycles. The third-order valence-electron chi connectivity index (χ3n) is 13.8. The van der Waals surface area contributed by atoms with Gasteiger partial charge in [0.25, 0.3) is 6.71 Å². The van der Waals surface area contributed by atoms with Crippen molar-refractivity contribution in [2.45, 2.75) is 52.4 Å². The Morgan fingerprint density at radius 3 is 1.38 bits per heavy atom. The lowest BCUT2D eigenvalue weighted by Gasteiger charge is -2.46. The normalized spacial score (nSPS) is 15.7. The molecular weight excluding hydrogens is 870 g/mol. The van der Waals surface area contributed by atoms with Gasteiger partial charge in [-0.05, 0) is 122 Å².